The molecule has 0 spiro atoms. The van der Waals surface area contributed by atoms with Gasteiger partial charge in [-0.2, -0.15) is 5.10 Å². The van der Waals surface area contributed by atoms with E-state index in [1.165, 1.54) is 0 Å². The number of aromatic nitrogens is 2. The van der Waals surface area contributed by atoms with Crippen LogP contribution in [0.1, 0.15) is 47.8 Å². The third-order valence-electron chi connectivity index (χ3n) is 5.52. The molecule has 2 aliphatic rings. The number of hydrogen-bond acceptors (Lipinski definition) is 3. The number of carbonyl (C=O) groups excluding carboxylic acids is 1. The fourth-order valence-electron chi connectivity index (χ4n) is 4.09. The van der Waals surface area contributed by atoms with E-state index < -0.39 is 0 Å². The van der Waals surface area contributed by atoms with E-state index in [0.29, 0.717) is 11.7 Å². The van der Waals surface area contributed by atoms with Gasteiger partial charge in [0.1, 0.15) is 5.69 Å². The Hall–Kier alpha value is -1.56. The largest absolute Gasteiger partial charge is 0.334 e. The van der Waals surface area contributed by atoms with Crippen molar-refractivity contribution in [3.05, 3.63) is 52.8 Å². The highest BCUT2D eigenvalue weighted by atomic mass is 35.5. The summed E-state index contributed by atoms with van der Waals surface area (Å²) in [5, 5.41) is 8.77. The molecule has 1 N–H and O–H groups in total. The number of piperidine rings is 1. The van der Waals surface area contributed by atoms with E-state index in [0.717, 1.165) is 62.3 Å². The van der Waals surface area contributed by atoms with E-state index >= 15 is 0 Å². The molecule has 2 saturated heterocycles. The molecule has 3 heterocycles. The molecular formula is C20H26Cl2N4O. The van der Waals surface area contributed by atoms with Crippen LogP contribution in [0.25, 0.3) is 0 Å². The van der Waals surface area contributed by atoms with Crippen LogP contribution in [0.15, 0.2) is 36.5 Å². The molecule has 27 heavy (non-hydrogen) atoms. The maximum Gasteiger partial charge on any atom is 0.274 e. The average Bonchev–Trinajstić information content (AvgIpc) is 3.33. The summed E-state index contributed by atoms with van der Waals surface area (Å²) in [7, 11) is 0. The molecular weight excluding hydrogens is 383 g/mol. The van der Waals surface area contributed by atoms with Crippen LogP contribution >= 0.6 is 24.0 Å². The number of amides is 1. The highest BCUT2D eigenvalue weighted by Crippen LogP contribution is 2.26. The topological polar surface area (TPSA) is 50.2 Å². The Kier molecular flexibility index (Phi) is 6.79. The monoisotopic (exact) mass is 408 g/mol. The number of likely N-dealkylation sites (tertiary alicyclic amines) is 1. The molecule has 0 bridgehead atoms. The van der Waals surface area contributed by atoms with Gasteiger partial charge < -0.3 is 10.2 Å². The molecule has 2 aliphatic heterocycles. The number of benzene rings is 1. The zero-order valence-electron chi connectivity index (χ0n) is 15.3. The number of carbonyl (C=O) groups is 1. The summed E-state index contributed by atoms with van der Waals surface area (Å²) in [5.74, 6) is 0.0436. The summed E-state index contributed by atoms with van der Waals surface area (Å²) in [5.41, 5.74) is 1.67. The van der Waals surface area contributed by atoms with Gasteiger partial charge in [-0.25, -0.2) is 0 Å². The summed E-state index contributed by atoms with van der Waals surface area (Å²) in [4.78, 5) is 15.0. The quantitative estimate of drug-likeness (QED) is 0.837. The van der Waals surface area contributed by atoms with Crippen molar-refractivity contribution in [3.63, 3.8) is 0 Å². The Morgan fingerprint density at radius 1 is 1.22 bits per heavy atom. The van der Waals surface area contributed by atoms with Gasteiger partial charge in [0.15, 0.2) is 0 Å². The molecule has 5 nitrogen and oxygen atoms in total. The van der Waals surface area contributed by atoms with Crippen LogP contribution in [0.5, 0.6) is 0 Å². The van der Waals surface area contributed by atoms with E-state index in [1.807, 2.05) is 46.1 Å². The average molecular weight is 409 g/mol. The summed E-state index contributed by atoms with van der Waals surface area (Å²) in [6.07, 6.45) is 7.07. The lowest BCUT2D eigenvalue weighted by Crippen LogP contribution is -2.37. The van der Waals surface area contributed by atoms with Gasteiger partial charge in [-0.15, -0.1) is 12.4 Å². The van der Waals surface area contributed by atoms with E-state index in [9.17, 15) is 4.79 Å². The minimum absolute atomic E-state index is 0. The second-order valence-corrected chi connectivity index (χ2v) is 7.68. The summed E-state index contributed by atoms with van der Waals surface area (Å²) >= 11 is 6.31. The van der Waals surface area contributed by atoms with Gasteiger partial charge in [-0.05, 0) is 56.3 Å². The molecule has 0 radical (unpaired) electrons. The lowest BCUT2D eigenvalue weighted by molar-refractivity contribution is 0.0729. The van der Waals surface area contributed by atoms with Crippen molar-refractivity contribution >= 4 is 29.9 Å². The maximum absolute atomic E-state index is 13.0. The van der Waals surface area contributed by atoms with Crippen molar-refractivity contribution in [2.45, 2.75) is 44.2 Å². The van der Waals surface area contributed by atoms with Crippen molar-refractivity contribution in [2.24, 2.45) is 0 Å². The van der Waals surface area contributed by atoms with E-state index in [1.54, 1.807) is 0 Å². The van der Waals surface area contributed by atoms with Gasteiger partial charge in [0.2, 0.25) is 0 Å². The van der Waals surface area contributed by atoms with Crippen molar-refractivity contribution in [3.8, 4) is 0 Å². The fourth-order valence-corrected chi connectivity index (χ4v) is 4.31. The molecule has 2 aromatic rings. The van der Waals surface area contributed by atoms with Gasteiger partial charge >= 0.3 is 0 Å². The molecule has 7 heteroatoms. The second kappa shape index (κ2) is 9.09. The third-order valence-corrected chi connectivity index (χ3v) is 5.89. The first kappa shape index (κ1) is 20.2. The highest BCUT2D eigenvalue weighted by Gasteiger charge is 2.31. The first-order valence-electron chi connectivity index (χ1n) is 9.52. The molecule has 4 rings (SSSR count). The van der Waals surface area contributed by atoms with Gasteiger partial charge in [0.25, 0.3) is 5.91 Å². The molecule has 2 fully saturated rings. The number of nitrogens with one attached hydrogen (secondary N) is 1. The van der Waals surface area contributed by atoms with E-state index in [4.69, 9.17) is 11.6 Å². The molecule has 0 aliphatic carbocycles. The van der Waals surface area contributed by atoms with Crippen molar-refractivity contribution < 1.29 is 4.79 Å². The molecule has 0 saturated carbocycles. The van der Waals surface area contributed by atoms with Gasteiger partial charge in [0, 0.05) is 30.4 Å². The zero-order chi connectivity index (χ0) is 17.9. The smallest absolute Gasteiger partial charge is 0.274 e. The molecule has 2 atom stereocenters. The summed E-state index contributed by atoms with van der Waals surface area (Å²) in [6, 6.07) is 10.3. The van der Waals surface area contributed by atoms with Crippen LogP contribution in [0.3, 0.4) is 0 Å². The lowest BCUT2D eigenvalue weighted by Gasteiger charge is -2.25. The third kappa shape index (κ3) is 4.48. The number of nitrogens with zero attached hydrogens (tertiary/aromatic N) is 3. The Morgan fingerprint density at radius 2 is 2.07 bits per heavy atom. The van der Waals surface area contributed by atoms with Gasteiger partial charge in [-0.1, -0.05) is 29.8 Å². The lowest BCUT2D eigenvalue weighted by atomic mass is 10.0. The highest BCUT2D eigenvalue weighted by molar-refractivity contribution is 6.31. The SMILES string of the molecule is Cl.O=C(c1ccn(C2CCCNC2)n1)N1CCCC1Cc1ccccc1Cl. The van der Waals surface area contributed by atoms with Crippen LogP contribution in [0.2, 0.25) is 5.02 Å². The Balaban J connectivity index is 0.00000210. The minimum Gasteiger partial charge on any atom is -0.334 e. The van der Waals surface area contributed by atoms with E-state index in [2.05, 4.69) is 10.4 Å². The van der Waals surface area contributed by atoms with Crippen molar-refractivity contribution in [1.29, 1.82) is 0 Å². The van der Waals surface area contributed by atoms with Crippen LogP contribution in [0.4, 0.5) is 0 Å². The molecule has 1 aromatic heterocycles. The Bertz CT molecular complexity index is 773. The Labute approximate surface area is 171 Å². The number of rotatable bonds is 4. The van der Waals surface area contributed by atoms with Crippen LogP contribution < -0.4 is 5.32 Å². The fraction of sp³-hybridized carbons (Fsp3) is 0.500. The number of halogens is 2. The predicted octanol–water partition coefficient (Wildman–Crippen LogP) is 3.73. The van der Waals surface area contributed by atoms with Crippen LogP contribution in [-0.4, -0.2) is 46.3 Å². The van der Waals surface area contributed by atoms with Gasteiger partial charge in [-0.3, -0.25) is 9.48 Å². The maximum atomic E-state index is 13.0. The number of hydrogen-bond donors (Lipinski definition) is 1. The Morgan fingerprint density at radius 3 is 2.85 bits per heavy atom. The summed E-state index contributed by atoms with van der Waals surface area (Å²) in [6.45, 7) is 2.79. The molecule has 2 unspecified atom stereocenters. The molecule has 1 amide bonds. The van der Waals surface area contributed by atoms with Crippen LogP contribution in [0, 0.1) is 0 Å². The summed E-state index contributed by atoms with van der Waals surface area (Å²) < 4.78 is 1.96. The zero-order valence-corrected chi connectivity index (χ0v) is 16.9. The van der Waals surface area contributed by atoms with Gasteiger partial charge in [0.05, 0.1) is 6.04 Å². The van der Waals surface area contributed by atoms with Crippen molar-refractivity contribution in [1.82, 2.24) is 20.0 Å². The predicted molar refractivity (Wildman–Crippen MR) is 110 cm³/mol. The minimum atomic E-state index is 0. The molecule has 146 valence electrons. The van der Waals surface area contributed by atoms with Crippen molar-refractivity contribution in [2.75, 3.05) is 19.6 Å². The first-order chi connectivity index (χ1) is 12.7. The van der Waals surface area contributed by atoms with E-state index in [-0.39, 0.29) is 24.4 Å². The standard InChI is InChI=1S/C20H25ClN4O.ClH/c21-18-8-2-1-5-15(18)13-16-7-4-11-24(16)20(26)19-9-12-25(23-19)17-6-3-10-22-14-17;/h1-2,5,8-9,12,16-17,22H,3-4,6-7,10-11,13-14H2;1H. The normalized spacial score (nSPS) is 22.5. The van der Waals surface area contributed by atoms with Crippen LogP contribution in [-0.2, 0) is 6.42 Å². The first-order valence-corrected chi connectivity index (χ1v) is 9.90. The second-order valence-electron chi connectivity index (χ2n) is 7.27. The molecule has 1 aromatic carbocycles.